The topological polar surface area (TPSA) is 98.8 Å². The Morgan fingerprint density at radius 3 is 2.19 bits per heavy atom. The van der Waals surface area contributed by atoms with E-state index in [0.717, 1.165) is 12.1 Å². The van der Waals surface area contributed by atoms with Crippen molar-refractivity contribution >= 4 is 23.6 Å². The van der Waals surface area contributed by atoms with Gasteiger partial charge in [-0.2, -0.15) is 0 Å². The van der Waals surface area contributed by atoms with Crippen LogP contribution in [0.3, 0.4) is 0 Å². The number of likely N-dealkylation sites (N-methyl/N-ethyl adjacent to an activating group) is 1. The summed E-state index contributed by atoms with van der Waals surface area (Å²) in [5.41, 5.74) is 0.752. The molecule has 2 atom stereocenters. The molecule has 2 aromatic carbocycles. The van der Waals surface area contributed by atoms with Gasteiger partial charge in [0.2, 0.25) is 11.8 Å². The summed E-state index contributed by atoms with van der Waals surface area (Å²) in [6.45, 7) is 6.98. The molecular weight excluding hydrogens is 470 g/mol. The van der Waals surface area contributed by atoms with Gasteiger partial charge >= 0.3 is 0 Å². The number of amides is 4. The molecule has 0 saturated carbocycles. The first-order chi connectivity index (χ1) is 16.9. The first-order valence-corrected chi connectivity index (χ1v) is 11.6. The number of carbonyl (C=O) groups excluding carboxylic acids is 4. The molecule has 1 unspecified atom stereocenters. The zero-order chi connectivity index (χ0) is 26.7. The van der Waals surface area contributed by atoms with Crippen LogP contribution in [0.15, 0.2) is 42.5 Å². The summed E-state index contributed by atoms with van der Waals surface area (Å²) in [6, 6.07) is 6.82. The molecule has 8 nitrogen and oxygen atoms in total. The highest BCUT2D eigenvalue weighted by atomic mass is 19.1. The van der Waals surface area contributed by atoms with Crippen molar-refractivity contribution < 1.29 is 28.0 Å². The number of nitrogens with one attached hydrogen (secondary N) is 2. The standard InChI is InChI=1S/C26H30F2N4O4/c1-14(2)22(29-21(33)12-16-10-17(27)13-18(28)11-16)24(34)30-23-19-8-6-7-9-20(19)25(35)32(15(3)4)31(5)26(23)36/h6-11,13-15,22-23H,12H2,1-5H3,(H,29,33)(H,30,34)/t22-,23?/m0/s1. The molecule has 1 aliphatic rings. The van der Waals surface area contributed by atoms with Gasteiger partial charge in [0.05, 0.1) is 6.42 Å². The third kappa shape index (κ3) is 5.69. The third-order valence-electron chi connectivity index (χ3n) is 5.93. The second-order valence-corrected chi connectivity index (χ2v) is 9.38. The van der Waals surface area contributed by atoms with Gasteiger partial charge in [-0.3, -0.25) is 24.2 Å². The molecule has 192 valence electrons. The van der Waals surface area contributed by atoms with Crippen LogP contribution >= 0.6 is 0 Å². The van der Waals surface area contributed by atoms with Gasteiger partial charge in [0.25, 0.3) is 11.8 Å². The van der Waals surface area contributed by atoms with E-state index in [4.69, 9.17) is 0 Å². The average Bonchev–Trinajstić information content (AvgIpc) is 2.86. The highest BCUT2D eigenvalue weighted by molar-refractivity contribution is 6.02. The Bertz CT molecular complexity index is 1160. The molecule has 36 heavy (non-hydrogen) atoms. The molecule has 0 bridgehead atoms. The van der Waals surface area contributed by atoms with Gasteiger partial charge in [0, 0.05) is 24.7 Å². The van der Waals surface area contributed by atoms with E-state index in [1.165, 1.54) is 17.1 Å². The predicted molar refractivity (Wildman–Crippen MR) is 128 cm³/mol. The monoisotopic (exact) mass is 500 g/mol. The molecule has 0 radical (unpaired) electrons. The maximum absolute atomic E-state index is 13.5. The summed E-state index contributed by atoms with van der Waals surface area (Å²) < 4.78 is 27.0. The number of carbonyl (C=O) groups is 4. The van der Waals surface area contributed by atoms with Crippen molar-refractivity contribution in [1.82, 2.24) is 20.7 Å². The lowest BCUT2D eigenvalue weighted by Crippen LogP contribution is -2.54. The Kier molecular flexibility index (Phi) is 8.07. The molecule has 1 heterocycles. The maximum Gasteiger partial charge on any atom is 0.273 e. The van der Waals surface area contributed by atoms with Gasteiger partial charge in [-0.25, -0.2) is 13.8 Å². The summed E-state index contributed by atoms with van der Waals surface area (Å²) in [5.74, 6) is -4.12. The van der Waals surface area contributed by atoms with Crippen molar-refractivity contribution in [2.45, 2.75) is 52.2 Å². The molecule has 0 spiro atoms. The van der Waals surface area contributed by atoms with Crippen molar-refractivity contribution in [1.29, 1.82) is 0 Å². The second-order valence-electron chi connectivity index (χ2n) is 9.38. The van der Waals surface area contributed by atoms with E-state index in [-0.39, 0.29) is 35.4 Å². The molecule has 0 saturated heterocycles. The lowest BCUT2D eigenvalue weighted by molar-refractivity contribution is -0.147. The summed E-state index contributed by atoms with van der Waals surface area (Å²) in [4.78, 5) is 52.5. The van der Waals surface area contributed by atoms with E-state index in [0.29, 0.717) is 11.6 Å². The van der Waals surface area contributed by atoms with Gasteiger partial charge in [0.1, 0.15) is 23.7 Å². The number of nitrogens with zero attached hydrogens (tertiary/aromatic N) is 2. The minimum Gasteiger partial charge on any atom is -0.344 e. The van der Waals surface area contributed by atoms with Crippen molar-refractivity contribution in [2.24, 2.45) is 5.92 Å². The van der Waals surface area contributed by atoms with Gasteiger partial charge in [0.15, 0.2) is 0 Å². The van der Waals surface area contributed by atoms with Crippen molar-refractivity contribution in [3.63, 3.8) is 0 Å². The summed E-state index contributed by atoms with van der Waals surface area (Å²) in [7, 11) is 1.46. The molecule has 1 aliphatic heterocycles. The molecule has 10 heteroatoms. The number of hydrazine groups is 1. The summed E-state index contributed by atoms with van der Waals surface area (Å²) in [6.07, 6.45) is -0.336. The van der Waals surface area contributed by atoms with Gasteiger partial charge in [-0.1, -0.05) is 32.0 Å². The summed E-state index contributed by atoms with van der Waals surface area (Å²) in [5, 5.41) is 7.82. The molecule has 2 aromatic rings. The fourth-order valence-electron chi connectivity index (χ4n) is 4.24. The lowest BCUT2D eigenvalue weighted by Gasteiger charge is -2.34. The fraction of sp³-hybridized carbons (Fsp3) is 0.385. The van der Waals surface area contributed by atoms with Gasteiger partial charge in [-0.15, -0.1) is 0 Å². The van der Waals surface area contributed by atoms with Gasteiger partial charge < -0.3 is 10.6 Å². The number of fused-ring (bicyclic) bond motifs is 1. The van der Waals surface area contributed by atoms with Gasteiger partial charge in [-0.05, 0) is 49.1 Å². The Balaban J connectivity index is 1.85. The number of benzene rings is 2. The highest BCUT2D eigenvalue weighted by Crippen LogP contribution is 2.28. The fourth-order valence-corrected chi connectivity index (χ4v) is 4.24. The zero-order valence-electron chi connectivity index (χ0n) is 20.8. The molecule has 4 amide bonds. The van der Waals surface area contributed by atoms with E-state index in [2.05, 4.69) is 10.6 Å². The Morgan fingerprint density at radius 1 is 1.00 bits per heavy atom. The van der Waals surface area contributed by atoms with E-state index in [9.17, 15) is 28.0 Å². The average molecular weight is 501 g/mol. The second kappa shape index (κ2) is 10.8. The highest BCUT2D eigenvalue weighted by Gasteiger charge is 2.40. The molecular formula is C26H30F2N4O4. The predicted octanol–water partition coefficient (Wildman–Crippen LogP) is 2.74. The number of halogens is 2. The maximum atomic E-state index is 13.5. The molecule has 0 aromatic heterocycles. The minimum atomic E-state index is -1.16. The Morgan fingerprint density at radius 2 is 1.61 bits per heavy atom. The Hall–Kier alpha value is -3.82. The smallest absolute Gasteiger partial charge is 0.273 e. The van der Waals surface area contributed by atoms with E-state index in [1.807, 2.05) is 0 Å². The summed E-state index contributed by atoms with van der Waals surface area (Å²) >= 11 is 0. The third-order valence-corrected chi connectivity index (χ3v) is 5.93. The first-order valence-electron chi connectivity index (χ1n) is 11.6. The van der Waals surface area contributed by atoms with E-state index < -0.39 is 41.4 Å². The molecule has 2 N–H and O–H groups in total. The zero-order valence-corrected chi connectivity index (χ0v) is 20.8. The van der Waals surface area contributed by atoms with Crippen LogP contribution in [0.4, 0.5) is 8.78 Å². The van der Waals surface area contributed by atoms with E-state index in [1.54, 1.807) is 52.0 Å². The Labute approximate surface area is 208 Å². The quantitative estimate of drug-likeness (QED) is 0.611. The largest absolute Gasteiger partial charge is 0.344 e. The van der Waals surface area contributed by atoms with Crippen LogP contribution in [0.5, 0.6) is 0 Å². The van der Waals surface area contributed by atoms with Crippen LogP contribution in [0, 0.1) is 17.6 Å². The normalized spacial score (nSPS) is 16.6. The first kappa shape index (κ1) is 26.8. The number of hydrogen-bond acceptors (Lipinski definition) is 4. The van der Waals surface area contributed by atoms with E-state index >= 15 is 0 Å². The van der Waals surface area contributed by atoms with Crippen LogP contribution < -0.4 is 10.6 Å². The molecule has 3 rings (SSSR count). The van der Waals surface area contributed by atoms with Crippen LogP contribution in [0.2, 0.25) is 0 Å². The van der Waals surface area contributed by atoms with Crippen LogP contribution in [-0.2, 0) is 20.8 Å². The minimum absolute atomic E-state index is 0.120. The molecule has 0 aliphatic carbocycles. The number of hydrogen-bond donors (Lipinski definition) is 2. The lowest BCUT2D eigenvalue weighted by atomic mass is 9.97. The van der Waals surface area contributed by atoms with Crippen LogP contribution in [0.25, 0.3) is 0 Å². The van der Waals surface area contributed by atoms with Crippen LogP contribution in [-0.4, -0.2) is 52.8 Å². The van der Waals surface area contributed by atoms with Crippen LogP contribution in [0.1, 0.15) is 55.2 Å². The SMILES string of the molecule is CC(C)[C@H](NC(=O)Cc1cc(F)cc(F)c1)C(=O)NC1C(=O)N(C)N(C(C)C)C(=O)c2ccccc21. The van der Waals surface area contributed by atoms with Crippen molar-refractivity contribution in [3.05, 3.63) is 70.8 Å². The van der Waals surface area contributed by atoms with Crippen molar-refractivity contribution in [3.8, 4) is 0 Å². The van der Waals surface area contributed by atoms with Crippen molar-refractivity contribution in [2.75, 3.05) is 7.05 Å². The number of rotatable bonds is 7. The molecule has 0 fully saturated rings.